The number of hydrogen-bond acceptors (Lipinski definition) is 6. The SMILES string of the molecule is CCN(C1CCCCC1)S(=O)(=O)c1ccc(C(=O)Nc2sc3c(c2C(=O)OC)CCC3)cc1. The highest BCUT2D eigenvalue weighted by Gasteiger charge is 2.31. The maximum absolute atomic E-state index is 13.2. The van der Waals surface area contributed by atoms with Crippen molar-refractivity contribution in [3.8, 4) is 0 Å². The van der Waals surface area contributed by atoms with Crippen molar-refractivity contribution in [1.29, 1.82) is 0 Å². The number of hydrogen-bond donors (Lipinski definition) is 1. The summed E-state index contributed by atoms with van der Waals surface area (Å²) in [5.74, 6) is -0.836. The van der Waals surface area contributed by atoms with Crippen LogP contribution in [-0.4, -0.2) is 44.3 Å². The number of esters is 1. The van der Waals surface area contributed by atoms with Crippen LogP contribution in [0, 0.1) is 0 Å². The predicted molar refractivity (Wildman–Crippen MR) is 129 cm³/mol. The van der Waals surface area contributed by atoms with Crippen molar-refractivity contribution < 1.29 is 22.7 Å². The number of amides is 1. The summed E-state index contributed by atoms with van der Waals surface area (Å²) in [4.78, 5) is 26.5. The van der Waals surface area contributed by atoms with Gasteiger partial charge in [0.15, 0.2) is 0 Å². The Hall–Kier alpha value is -2.23. The van der Waals surface area contributed by atoms with Crippen LogP contribution in [0.5, 0.6) is 0 Å². The highest BCUT2D eigenvalue weighted by atomic mass is 32.2. The van der Waals surface area contributed by atoms with Gasteiger partial charge in [0.1, 0.15) is 5.00 Å². The fourth-order valence-electron chi connectivity index (χ4n) is 4.89. The highest BCUT2D eigenvalue weighted by Crippen LogP contribution is 2.39. The molecule has 1 saturated carbocycles. The Morgan fingerprint density at radius 1 is 1.09 bits per heavy atom. The molecule has 0 atom stereocenters. The van der Waals surface area contributed by atoms with Crippen molar-refractivity contribution in [2.75, 3.05) is 19.0 Å². The van der Waals surface area contributed by atoms with Gasteiger partial charge in [-0.2, -0.15) is 4.31 Å². The summed E-state index contributed by atoms with van der Waals surface area (Å²) >= 11 is 1.41. The van der Waals surface area contributed by atoms with E-state index in [9.17, 15) is 18.0 Å². The number of nitrogens with one attached hydrogen (secondary N) is 1. The zero-order chi connectivity index (χ0) is 23.6. The molecular weight excluding hydrogens is 460 g/mol. The van der Waals surface area contributed by atoms with Crippen LogP contribution in [0.2, 0.25) is 0 Å². The number of carbonyl (C=O) groups is 2. The first-order valence-corrected chi connectivity index (χ1v) is 13.8. The standard InChI is InChI=1S/C24H30N2O5S2/c1-3-26(17-8-5-4-6-9-17)33(29,30)18-14-12-16(13-15-18)22(27)25-23-21(24(28)31-2)19-10-7-11-20(19)32-23/h12-15,17H,3-11H2,1-2H3,(H,25,27). The Bertz CT molecular complexity index is 1130. The summed E-state index contributed by atoms with van der Waals surface area (Å²) in [5.41, 5.74) is 1.73. The van der Waals surface area contributed by atoms with E-state index in [4.69, 9.17) is 4.74 Å². The van der Waals surface area contributed by atoms with Gasteiger partial charge in [-0.05, 0) is 61.9 Å². The van der Waals surface area contributed by atoms with Gasteiger partial charge in [-0.1, -0.05) is 26.2 Å². The summed E-state index contributed by atoms with van der Waals surface area (Å²) < 4.78 is 33.0. The molecular formula is C24H30N2O5S2. The number of sulfonamides is 1. The van der Waals surface area contributed by atoms with E-state index >= 15 is 0 Å². The van der Waals surface area contributed by atoms with Crippen molar-refractivity contribution in [2.24, 2.45) is 0 Å². The van der Waals surface area contributed by atoms with Gasteiger partial charge in [0.05, 0.1) is 17.6 Å². The second-order valence-corrected chi connectivity index (χ2v) is 11.5. The normalized spacial score (nSPS) is 16.6. The van der Waals surface area contributed by atoms with Crippen LogP contribution in [0.15, 0.2) is 29.2 Å². The molecule has 178 valence electrons. The van der Waals surface area contributed by atoms with Gasteiger partial charge < -0.3 is 10.1 Å². The Kier molecular flexibility index (Phi) is 7.21. The zero-order valence-electron chi connectivity index (χ0n) is 19.1. The molecule has 9 heteroatoms. The van der Waals surface area contributed by atoms with E-state index in [-0.39, 0.29) is 16.8 Å². The molecule has 1 N–H and O–H groups in total. The van der Waals surface area contributed by atoms with E-state index in [0.717, 1.165) is 61.8 Å². The molecule has 7 nitrogen and oxygen atoms in total. The third-order valence-electron chi connectivity index (χ3n) is 6.55. The van der Waals surface area contributed by atoms with Crippen molar-refractivity contribution in [2.45, 2.75) is 69.2 Å². The lowest BCUT2D eigenvalue weighted by atomic mass is 9.95. The van der Waals surface area contributed by atoms with Gasteiger partial charge in [-0.25, -0.2) is 13.2 Å². The fourth-order valence-corrected chi connectivity index (χ4v) is 7.86. The Balaban J connectivity index is 1.53. The van der Waals surface area contributed by atoms with Crippen LogP contribution < -0.4 is 5.32 Å². The molecule has 0 aliphatic heterocycles. The lowest BCUT2D eigenvalue weighted by molar-refractivity contribution is 0.0601. The average molecular weight is 491 g/mol. The number of anilines is 1. The van der Waals surface area contributed by atoms with E-state index in [2.05, 4.69) is 5.32 Å². The molecule has 0 bridgehead atoms. The quantitative estimate of drug-likeness (QED) is 0.572. The van der Waals surface area contributed by atoms with Crippen LogP contribution >= 0.6 is 11.3 Å². The number of thiophene rings is 1. The van der Waals surface area contributed by atoms with Crippen LogP contribution in [0.1, 0.15) is 76.6 Å². The van der Waals surface area contributed by atoms with E-state index < -0.39 is 16.0 Å². The summed E-state index contributed by atoms with van der Waals surface area (Å²) in [6, 6.07) is 6.07. The van der Waals surface area contributed by atoms with E-state index in [1.165, 1.54) is 42.7 Å². The molecule has 1 aromatic heterocycles. The molecule has 2 aliphatic carbocycles. The van der Waals surface area contributed by atoms with Gasteiger partial charge >= 0.3 is 5.97 Å². The van der Waals surface area contributed by atoms with Crippen LogP contribution in [0.25, 0.3) is 0 Å². The minimum atomic E-state index is -3.63. The first-order chi connectivity index (χ1) is 15.9. The number of rotatable bonds is 7. The maximum atomic E-state index is 13.2. The number of benzene rings is 1. The second-order valence-electron chi connectivity index (χ2n) is 8.53. The number of methoxy groups -OCH3 is 1. The second kappa shape index (κ2) is 9.95. The first kappa shape index (κ1) is 23.9. The average Bonchev–Trinajstić information content (AvgIpc) is 3.40. The Morgan fingerprint density at radius 2 is 1.79 bits per heavy atom. The number of fused-ring (bicyclic) bond motifs is 1. The lowest BCUT2D eigenvalue weighted by Crippen LogP contribution is -2.41. The molecule has 2 aromatic rings. The molecule has 0 saturated heterocycles. The van der Waals surface area contributed by atoms with Gasteiger partial charge in [-0.3, -0.25) is 4.79 Å². The van der Waals surface area contributed by atoms with Crippen molar-refractivity contribution >= 4 is 38.2 Å². The predicted octanol–water partition coefficient (Wildman–Crippen LogP) is 4.62. The summed E-state index contributed by atoms with van der Waals surface area (Å²) in [5, 5.41) is 3.32. The number of nitrogens with zero attached hydrogens (tertiary/aromatic N) is 1. The van der Waals surface area contributed by atoms with Crippen molar-refractivity contribution in [3.63, 3.8) is 0 Å². The Labute approximate surface area is 199 Å². The van der Waals surface area contributed by atoms with Crippen LogP contribution in [0.3, 0.4) is 0 Å². The molecule has 0 unspecified atom stereocenters. The molecule has 33 heavy (non-hydrogen) atoms. The van der Waals surface area contributed by atoms with Gasteiger partial charge in [0, 0.05) is 23.0 Å². The fraction of sp³-hybridized carbons (Fsp3) is 0.500. The molecule has 1 heterocycles. The molecule has 1 amide bonds. The monoisotopic (exact) mass is 490 g/mol. The number of ether oxygens (including phenoxy) is 1. The largest absolute Gasteiger partial charge is 0.465 e. The summed E-state index contributed by atoms with van der Waals surface area (Å²) in [6.07, 6.45) is 7.72. The Morgan fingerprint density at radius 3 is 2.42 bits per heavy atom. The van der Waals surface area contributed by atoms with E-state index in [0.29, 0.717) is 22.7 Å². The highest BCUT2D eigenvalue weighted by molar-refractivity contribution is 7.89. The van der Waals surface area contributed by atoms with E-state index in [1.54, 1.807) is 4.31 Å². The maximum Gasteiger partial charge on any atom is 0.341 e. The van der Waals surface area contributed by atoms with Gasteiger partial charge in [-0.15, -0.1) is 11.3 Å². The molecule has 0 radical (unpaired) electrons. The molecule has 2 aliphatic rings. The lowest BCUT2D eigenvalue weighted by Gasteiger charge is -2.32. The summed E-state index contributed by atoms with van der Waals surface area (Å²) in [6.45, 7) is 2.29. The third-order valence-corrected chi connectivity index (χ3v) is 9.80. The minimum Gasteiger partial charge on any atom is -0.465 e. The van der Waals surface area contributed by atoms with E-state index in [1.807, 2.05) is 6.92 Å². The third kappa shape index (κ3) is 4.72. The smallest absolute Gasteiger partial charge is 0.341 e. The molecule has 1 aromatic carbocycles. The number of carbonyl (C=O) groups excluding carboxylic acids is 2. The minimum absolute atomic E-state index is 0.0363. The van der Waals surface area contributed by atoms with Gasteiger partial charge in [0.25, 0.3) is 5.91 Å². The van der Waals surface area contributed by atoms with Gasteiger partial charge in [0.2, 0.25) is 10.0 Å². The van der Waals surface area contributed by atoms with Crippen molar-refractivity contribution in [1.82, 2.24) is 4.31 Å². The molecule has 0 spiro atoms. The topological polar surface area (TPSA) is 92.8 Å². The van der Waals surface area contributed by atoms with Crippen molar-refractivity contribution in [3.05, 3.63) is 45.8 Å². The summed E-state index contributed by atoms with van der Waals surface area (Å²) in [7, 11) is -2.30. The first-order valence-electron chi connectivity index (χ1n) is 11.5. The van der Waals surface area contributed by atoms with Crippen LogP contribution in [-0.2, 0) is 27.6 Å². The zero-order valence-corrected chi connectivity index (χ0v) is 20.7. The van der Waals surface area contributed by atoms with Crippen LogP contribution in [0.4, 0.5) is 5.00 Å². The molecule has 1 fully saturated rings. The molecule has 4 rings (SSSR count). The number of aryl methyl sites for hydroxylation is 1.